The van der Waals surface area contributed by atoms with E-state index in [4.69, 9.17) is 14.6 Å². The average molecular weight is 371 g/mol. The summed E-state index contributed by atoms with van der Waals surface area (Å²) in [4.78, 5) is 0. The third-order valence-electron chi connectivity index (χ3n) is 4.36. The molecule has 8 N–H and O–H groups in total. The fraction of sp³-hybridized carbons (Fsp3) is 1.00. The lowest BCUT2D eigenvalue weighted by Gasteiger charge is -2.46. The first-order valence-corrected chi connectivity index (χ1v) is 8.51. The van der Waals surface area contributed by atoms with Crippen LogP contribution in [0.25, 0.3) is 0 Å². The van der Waals surface area contributed by atoms with Crippen LogP contribution in [0.1, 0.15) is 0 Å². The molecule has 2 fully saturated rings. The van der Waals surface area contributed by atoms with Crippen molar-refractivity contribution in [2.24, 2.45) is 0 Å². The van der Waals surface area contributed by atoms with Gasteiger partial charge < -0.3 is 45.2 Å². The van der Waals surface area contributed by atoms with Gasteiger partial charge in [-0.05, 0) is 0 Å². The number of thioether (sulfide) groups is 1. The minimum atomic E-state index is -1.49. The molecule has 11 heteroatoms. The molecule has 2 saturated heterocycles. The molecular weight excluding hydrogens is 346 g/mol. The van der Waals surface area contributed by atoms with E-state index in [0.717, 1.165) is 11.8 Å². The van der Waals surface area contributed by atoms with Crippen LogP contribution in [0, 0.1) is 0 Å². The Hall–Kier alpha value is -0.0500. The van der Waals surface area contributed by atoms with Crippen LogP contribution in [0.15, 0.2) is 0 Å². The zero-order valence-corrected chi connectivity index (χ0v) is 13.9. The number of ether oxygens (including phenoxy) is 2. The maximum Gasteiger partial charge on any atom is 0.175 e. The smallest absolute Gasteiger partial charge is 0.175 e. The zero-order valence-electron chi connectivity index (χ0n) is 13.0. The number of aliphatic hydroxyl groups is 7. The Morgan fingerprint density at radius 1 is 0.917 bits per heavy atom. The molecule has 0 aromatic rings. The van der Waals surface area contributed by atoms with Crippen molar-refractivity contribution in [3.8, 4) is 0 Å². The predicted octanol–water partition coefficient (Wildman–Crippen LogP) is -4.45. The molecule has 2 aliphatic heterocycles. The normalized spacial score (nSPS) is 50.0. The van der Waals surface area contributed by atoms with E-state index in [2.05, 4.69) is 5.32 Å². The summed E-state index contributed by atoms with van der Waals surface area (Å²) in [7, 11) is 1.32. The number of hydrogen-bond acceptors (Lipinski definition) is 11. The van der Waals surface area contributed by atoms with Crippen molar-refractivity contribution in [3.63, 3.8) is 0 Å². The summed E-state index contributed by atoms with van der Waals surface area (Å²) in [6, 6.07) is -0.971. The van der Waals surface area contributed by atoms with E-state index in [1.165, 1.54) is 7.11 Å². The lowest BCUT2D eigenvalue weighted by molar-refractivity contribution is -0.264. The van der Waals surface area contributed by atoms with Gasteiger partial charge in [-0.3, -0.25) is 5.32 Å². The first kappa shape index (κ1) is 20.3. The van der Waals surface area contributed by atoms with Crippen LogP contribution in [-0.2, 0) is 9.47 Å². The molecule has 0 unspecified atom stereocenters. The highest BCUT2D eigenvalue weighted by Gasteiger charge is 2.49. The molecule has 2 aliphatic rings. The number of aliphatic hydroxyl groups excluding tert-OH is 7. The fourth-order valence-corrected chi connectivity index (χ4v) is 4.23. The quantitative estimate of drug-likeness (QED) is 0.234. The highest BCUT2D eigenvalue weighted by atomic mass is 32.2. The molecule has 0 aromatic heterocycles. The van der Waals surface area contributed by atoms with Crippen molar-refractivity contribution in [1.29, 1.82) is 0 Å². The zero-order chi connectivity index (χ0) is 18.0. The maximum atomic E-state index is 10.3. The van der Waals surface area contributed by atoms with Crippen LogP contribution in [0.2, 0.25) is 0 Å². The monoisotopic (exact) mass is 371 g/mol. The van der Waals surface area contributed by atoms with E-state index < -0.39 is 72.8 Å². The van der Waals surface area contributed by atoms with Crippen molar-refractivity contribution in [1.82, 2.24) is 5.32 Å². The van der Waals surface area contributed by atoms with E-state index in [1.807, 2.05) is 0 Å². The summed E-state index contributed by atoms with van der Waals surface area (Å²) in [5, 5.41) is 69.8. The molecule has 0 saturated carbocycles. The van der Waals surface area contributed by atoms with Gasteiger partial charge in [-0.15, -0.1) is 11.8 Å². The summed E-state index contributed by atoms with van der Waals surface area (Å²) in [6.07, 6.45) is -8.97. The van der Waals surface area contributed by atoms with E-state index in [0.29, 0.717) is 0 Å². The molecule has 10 nitrogen and oxygen atoms in total. The molecule has 0 bridgehead atoms. The van der Waals surface area contributed by atoms with Crippen LogP contribution in [0.4, 0.5) is 0 Å². The number of hydrogen-bond donors (Lipinski definition) is 8. The molecule has 0 spiro atoms. The standard InChI is InChI=1S/C13H25NO9S/c1-22-13-6(9(19)7(17)4(2-15)23-13)14-12-11(21)10(20)8(18)5(3-16)24-12/h4-21H,2-3H2,1H3/t4-,5-,6+,7-,8-,9-,10+,11+,12+,13+/m1/s1. The predicted molar refractivity (Wildman–Crippen MR) is 82.0 cm³/mol. The third-order valence-corrected chi connectivity index (χ3v) is 5.85. The van der Waals surface area contributed by atoms with Crippen LogP contribution >= 0.6 is 11.8 Å². The van der Waals surface area contributed by atoms with Gasteiger partial charge in [0.05, 0.1) is 36.0 Å². The van der Waals surface area contributed by atoms with Crippen LogP contribution < -0.4 is 5.32 Å². The van der Waals surface area contributed by atoms with E-state index in [9.17, 15) is 30.6 Å². The highest BCUT2D eigenvalue weighted by Crippen LogP contribution is 2.33. The Balaban J connectivity index is 2.12. The molecule has 2 heterocycles. The summed E-state index contributed by atoms with van der Waals surface area (Å²) in [5.74, 6) is 0. The lowest BCUT2D eigenvalue weighted by atomic mass is 9.96. The molecule has 0 aliphatic carbocycles. The number of methoxy groups -OCH3 is 1. The average Bonchev–Trinajstić information content (AvgIpc) is 2.59. The summed E-state index contributed by atoms with van der Waals surface area (Å²) >= 11 is 0.993. The second-order valence-electron chi connectivity index (χ2n) is 5.88. The van der Waals surface area contributed by atoms with Crippen molar-refractivity contribution in [2.45, 2.75) is 59.6 Å². The highest BCUT2D eigenvalue weighted by molar-refractivity contribution is 8.00. The summed E-state index contributed by atoms with van der Waals surface area (Å²) < 4.78 is 10.5. The van der Waals surface area contributed by atoms with Crippen molar-refractivity contribution >= 4 is 11.8 Å². The minimum absolute atomic E-state index is 0.416. The van der Waals surface area contributed by atoms with E-state index in [1.54, 1.807) is 0 Å². The van der Waals surface area contributed by atoms with Crippen molar-refractivity contribution in [3.05, 3.63) is 0 Å². The van der Waals surface area contributed by atoms with Crippen LogP contribution in [0.5, 0.6) is 0 Å². The van der Waals surface area contributed by atoms with Gasteiger partial charge in [-0.25, -0.2) is 0 Å². The van der Waals surface area contributed by atoms with Gasteiger partial charge in [0.15, 0.2) is 6.29 Å². The van der Waals surface area contributed by atoms with Gasteiger partial charge in [0.25, 0.3) is 0 Å². The van der Waals surface area contributed by atoms with E-state index in [-0.39, 0.29) is 0 Å². The van der Waals surface area contributed by atoms with Gasteiger partial charge in [-0.1, -0.05) is 0 Å². The first-order chi connectivity index (χ1) is 11.3. The largest absolute Gasteiger partial charge is 0.395 e. The Morgan fingerprint density at radius 2 is 1.58 bits per heavy atom. The van der Waals surface area contributed by atoms with Crippen LogP contribution in [0.3, 0.4) is 0 Å². The second kappa shape index (κ2) is 8.56. The van der Waals surface area contributed by atoms with Crippen LogP contribution in [-0.4, -0.2) is 116 Å². The molecule has 10 atom stereocenters. The topological polar surface area (TPSA) is 172 Å². The SMILES string of the molecule is CO[C@H]1O[C@H](CO)[C@@H](O)[C@H](O)[C@@H]1N[C@H]1S[C@H](CO)[C@@H](O)[C@H](O)[C@@H]1O. The second-order valence-corrected chi connectivity index (χ2v) is 7.27. The first-order valence-electron chi connectivity index (χ1n) is 7.57. The Labute approximate surface area is 143 Å². The Bertz CT molecular complexity index is 402. The third kappa shape index (κ3) is 3.86. The van der Waals surface area contributed by atoms with Gasteiger partial charge in [0.2, 0.25) is 0 Å². The molecule has 142 valence electrons. The molecule has 2 rings (SSSR count). The van der Waals surface area contributed by atoms with Gasteiger partial charge in [0.1, 0.15) is 30.5 Å². The maximum absolute atomic E-state index is 10.3. The summed E-state index contributed by atoms with van der Waals surface area (Å²) in [5.41, 5.74) is 0. The Morgan fingerprint density at radius 3 is 2.12 bits per heavy atom. The lowest BCUT2D eigenvalue weighted by Crippen LogP contribution is -2.68. The molecule has 0 amide bonds. The summed E-state index contributed by atoms with van der Waals surface area (Å²) in [6.45, 7) is -0.927. The molecular formula is C13H25NO9S. The number of rotatable bonds is 5. The number of nitrogens with one attached hydrogen (secondary N) is 1. The molecule has 0 radical (unpaired) electrons. The van der Waals surface area contributed by atoms with Crippen molar-refractivity contribution in [2.75, 3.05) is 20.3 Å². The van der Waals surface area contributed by atoms with Gasteiger partial charge in [0, 0.05) is 7.11 Å². The molecule has 24 heavy (non-hydrogen) atoms. The van der Waals surface area contributed by atoms with E-state index >= 15 is 0 Å². The van der Waals surface area contributed by atoms with Gasteiger partial charge >= 0.3 is 0 Å². The molecule has 0 aromatic carbocycles. The minimum Gasteiger partial charge on any atom is -0.395 e. The Kier molecular flexibility index (Phi) is 7.22. The fourth-order valence-electron chi connectivity index (χ4n) is 2.89. The van der Waals surface area contributed by atoms with Crippen molar-refractivity contribution < 1.29 is 45.2 Å². The van der Waals surface area contributed by atoms with Gasteiger partial charge in [-0.2, -0.15) is 0 Å².